The molecule has 0 spiro atoms. The minimum atomic E-state index is -2.28. The number of fused-ring (bicyclic) bond motifs is 1. The predicted octanol–water partition coefficient (Wildman–Crippen LogP) is 0.723. The van der Waals surface area contributed by atoms with Crippen LogP contribution in [0, 0.1) is 13.8 Å². The molecular weight excluding hydrogens is 375 g/mol. The molecule has 0 bridgehead atoms. The van der Waals surface area contributed by atoms with E-state index in [0.29, 0.717) is 28.0 Å². The van der Waals surface area contributed by atoms with Crippen LogP contribution in [0.25, 0.3) is 11.2 Å². The molecule has 3 aromatic heterocycles. The number of methoxy groups -OCH3 is 2. The summed E-state index contributed by atoms with van der Waals surface area (Å²) in [5.74, 6) is 1.61. The number of ether oxygens (including phenoxy) is 2. The first-order valence-corrected chi connectivity index (χ1v) is 9.85. The molecule has 1 unspecified atom stereocenters. The van der Waals surface area contributed by atoms with Gasteiger partial charge in [0.15, 0.2) is 0 Å². The van der Waals surface area contributed by atoms with Crippen molar-refractivity contribution in [1.29, 1.82) is 0 Å². The monoisotopic (exact) mass is 400 g/mol. The molecule has 0 amide bonds. The van der Waals surface area contributed by atoms with E-state index in [2.05, 4.69) is 19.9 Å². The summed E-state index contributed by atoms with van der Waals surface area (Å²) in [6.07, 6.45) is 3.51. The largest absolute Gasteiger partial charge is 1.00 e. The fourth-order valence-corrected chi connectivity index (χ4v) is 4.20. The van der Waals surface area contributed by atoms with Gasteiger partial charge in [0.05, 0.1) is 25.6 Å². The van der Waals surface area contributed by atoms with Gasteiger partial charge in [-0.3, -0.25) is 4.98 Å². The molecule has 3 heterocycles. The summed E-state index contributed by atoms with van der Waals surface area (Å²) < 4.78 is 21.6. The fraction of sp³-hybridized carbons (Fsp3) is 0.389. The molecule has 0 aromatic carbocycles. The van der Waals surface area contributed by atoms with Gasteiger partial charge < -0.3 is 24.0 Å². The first kappa shape index (κ1) is 23.7. The van der Waals surface area contributed by atoms with Crippen LogP contribution in [0.3, 0.4) is 0 Å². The second-order valence-electron chi connectivity index (χ2n) is 5.93. The van der Waals surface area contributed by atoms with Gasteiger partial charge in [-0.2, -0.15) is 0 Å². The molecule has 7 nitrogen and oxygen atoms in total. The van der Waals surface area contributed by atoms with E-state index in [1.165, 1.54) is 0 Å². The van der Waals surface area contributed by atoms with Crippen LogP contribution in [0.5, 0.6) is 11.6 Å². The minimum absolute atomic E-state index is 0. The Morgan fingerprint density at radius 3 is 2.48 bits per heavy atom. The standard InChI is InChI=1S/C17H21N4O3S.CH4.Na/c1-10-8-18-13(11(2)15(10)24-4)9-25(5,22)17-19-12-6-7-14(23-3)20-16(12)21-17;;/h6-8H,9H2,1-5H3,(H-,19,20,21,22);1H4;/q-1;;+1. The normalized spacial score (nSPS) is 13.9. The van der Waals surface area contributed by atoms with Gasteiger partial charge in [-0.15, -0.1) is 10.3 Å². The second-order valence-corrected chi connectivity index (χ2v) is 8.67. The average Bonchev–Trinajstić information content (AvgIpc) is 3.02. The van der Waals surface area contributed by atoms with E-state index in [4.69, 9.17) is 9.47 Å². The van der Waals surface area contributed by atoms with Gasteiger partial charge >= 0.3 is 29.6 Å². The molecule has 3 aromatic rings. The molecule has 0 saturated carbocycles. The third-order valence-corrected chi connectivity index (χ3v) is 5.82. The van der Waals surface area contributed by atoms with E-state index in [-0.39, 0.29) is 37.0 Å². The molecule has 0 fully saturated rings. The molecule has 3 rings (SSSR count). The number of rotatable bonds is 5. The van der Waals surface area contributed by atoms with Crippen molar-refractivity contribution >= 4 is 21.5 Å². The number of pyridine rings is 2. The SMILES string of the molecule is C.COc1ccc2[n-]c(S(C)(O)Cc3ncc(C)c(OC)c3C)nc2n1.[Na+]. The van der Waals surface area contributed by atoms with Crippen molar-refractivity contribution in [2.75, 3.05) is 20.5 Å². The average molecular weight is 400 g/mol. The van der Waals surface area contributed by atoms with Crippen molar-refractivity contribution in [3.05, 3.63) is 35.2 Å². The third kappa shape index (κ3) is 4.75. The molecule has 9 heteroatoms. The minimum Gasteiger partial charge on any atom is -0.496 e. The van der Waals surface area contributed by atoms with Gasteiger partial charge in [0.2, 0.25) is 5.88 Å². The third-order valence-electron chi connectivity index (χ3n) is 4.02. The first-order valence-electron chi connectivity index (χ1n) is 7.68. The van der Waals surface area contributed by atoms with Gasteiger partial charge in [0.1, 0.15) is 5.75 Å². The Labute approximate surface area is 183 Å². The summed E-state index contributed by atoms with van der Waals surface area (Å²) in [7, 11) is 0.907. The van der Waals surface area contributed by atoms with Crippen molar-refractivity contribution < 1.29 is 43.6 Å². The van der Waals surface area contributed by atoms with Gasteiger partial charge in [0.25, 0.3) is 0 Å². The van der Waals surface area contributed by atoms with Crippen molar-refractivity contribution in [2.24, 2.45) is 0 Å². The van der Waals surface area contributed by atoms with Crippen LogP contribution >= 0.6 is 10.3 Å². The number of aryl methyl sites for hydroxylation is 1. The zero-order chi connectivity index (χ0) is 18.2. The second kappa shape index (κ2) is 9.25. The summed E-state index contributed by atoms with van der Waals surface area (Å²) in [6, 6.07) is 3.51. The Morgan fingerprint density at radius 2 is 1.85 bits per heavy atom. The molecule has 0 aliphatic heterocycles. The molecule has 142 valence electrons. The van der Waals surface area contributed by atoms with E-state index < -0.39 is 10.3 Å². The van der Waals surface area contributed by atoms with Crippen molar-refractivity contribution in [3.63, 3.8) is 0 Å². The molecule has 1 N–H and O–H groups in total. The summed E-state index contributed by atoms with van der Waals surface area (Å²) in [6.45, 7) is 3.89. The van der Waals surface area contributed by atoms with Gasteiger partial charge in [-0.25, -0.2) is 4.98 Å². The molecular formula is C18H25N4NaO3S. The van der Waals surface area contributed by atoms with Crippen molar-refractivity contribution in [3.8, 4) is 11.6 Å². The van der Waals surface area contributed by atoms with E-state index in [1.807, 2.05) is 13.8 Å². The number of hydrogen-bond acceptors (Lipinski definition) is 6. The van der Waals surface area contributed by atoms with Crippen molar-refractivity contribution in [2.45, 2.75) is 32.2 Å². The van der Waals surface area contributed by atoms with E-state index >= 15 is 0 Å². The quantitative estimate of drug-likeness (QED) is 0.631. The number of nitrogens with zero attached hydrogens (tertiary/aromatic N) is 4. The number of imidazole rings is 1. The van der Waals surface area contributed by atoms with Crippen LogP contribution in [0.15, 0.2) is 23.5 Å². The van der Waals surface area contributed by atoms with E-state index in [9.17, 15) is 4.55 Å². The zero-order valence-electron chi connectivity index (χ0n) is 15.9. The maximum Gasteiger partial charge on any atom is 1.00 e. The van der Waals surface area contributed by atoms with Crippen LogP contribution in [-0.4, -0.2) is 40.0 Å². The topological polar surface area (TPSA) is 91.5 Å². The number of hydrogen-bond donors (Lipinski definition) is 1. The molecule has 0 aliphatic rings. The molecule has 0 radical (unpaired) electrons. The maximum absolute atomic E-state index is 11.0. The molecule has 27 heavy (non-hydrogen) atoms. The predicted molar refractivity (Wildman–Crippen MR) is 105 cm³/mol. The summed E-state index contributed by atoms with van der Waals surface area (Å²) >= 11 is 0. The van der Waals surface area contributed by atoms with E-state index in [0.717, 1.165) is 22.6 Å². The number of aromatic nitrogens is 4. The van der Waals surface area contributed by atoms with E-state index in [1.54, 1.807) is 38.8 Å². The summed E-state index contributed by atoms with van der Waals surface area (Å²) in [5, 5.41) is 0.393. The molecule has 1 atom stereocenters. The van der Waals surface area contributed by atoms with Gasteiger partial charge in [-0.05, 0) is 30.8 Å². The Hall–Kier alpha value is -1.32. The van der Waals surface area contributed by atoms with Gasteiger partial charge in [0, 0.05) is 29.1 Å². The van der Waals surface area contributed by atoms with Crippen LogP contribution in [-0.2, 0) is 5.75 Å². The summed E-state index contributed by atoms with van der Waals surface area (Å²) in [4.78, 5) is 17.6. The fourth-order valence-electron chi connectivity index (χ4n) is 2.67. The smallest absolute Gasteiger partial charge is 0.496 e. The van der Waals surface area contributed by atoms with Crippen LogP contribution < -0.4 is 44.0 Å². The first-order chi connectivity index (χ1) is 11.9. The maximum atomic E-state index is 11.0. The Bertz CT molecular complexity index is 930. The van der Waals surface area contributed by atoms with Crippen LogP contribution in [0.2, 0.25) is 0 Å². The van der Waals surface area contributed by atoms with Gasteiger partial charge in [-0.1, -0.05) is 13.5 Å². The molecule has 0 saturated heterocycles. The summed E-state index contributed by atoms with van der Waals surface area (Å²) in [5.41, 5.74) is 3.76. The zero-order valence-corrected chi connectivity index (χ0v) is 18.7. The Kier molecular flexibility index (Phi) is 8.13. The Balaban J connectivity index is 0.00000182. The molecule has 0 aliphatic carbocycles. The van der Waals surface area contributed by atoms with Crippen LogP contribution in [0.4, 0.5) is 0 Å². The Morgan fingerprint density at radius 1 is 1.15 bits per heavy atom. The van der Waals surface area contributed by atoms with Crippen molar-refractivity contribution in [1.82, 2.24) is 19.9 Å². The van der Waals surface area contributed by atoms with Crippen LogP contribution in [0.1, 0.15) is 24.2 Å².